The Morgan fingerprint density at radius 1 is 1.04 bits per heavy atom. The predicted octanol–water partition coefficient (Wildman–Crippen LogP) is 3.71. The lowest BCUT2D eigenvalue weighted by atomic mass is 10.0. The molecule has 0 radical (unpaired) electrons. The van der Waals surface area contributed by atoms with Crippen LogP contribution in [0.4, 0.5) is 30.2 Å². The van der Waals surface area contributed by atoms with E-state index in [1.807, 2.05) is 36.1 Å². The van der Waals surface area contributed by atoms with Crippen molar-refractivity contribution in [3.05, 3.63) is 53.1 Å². The molecular formula is C20H22F3N3O2. The molecule has 2 N–H and O–H groups in total. The molecule has 0 aliphatic carbocycles. The van der Waals surface area contributed by atoms with E-state index in [0.29, 0.717) is 26.2 Å². The van der Waals surface area contributed by atoms with E-state index >= 15 is 0 Å². The van der Waals surface area contributed by atoms with E-state index in [4.69, 9.17) is 5.73 Å². The van der Waals surface area contributed by atoms with Crippen molar-refractivity contribution >= 4 is 23.0 Å². The first-order chi connectivity index (χ1) is 13.2. The number of carbonyl (C=O) groups is 1. The summed E-state index contributed by atoms with van der Waals surface area (Å²) in [7, 11) is 1.04. The third-order valence-electron chi connectivity index (χ3n) is 4.95. The van der Waals surface area contributed by atoms with Crippen molar-refractivity contribution in [3.8, 4) is 0 Å². The van der Waals surface area contributed by atoms with E-state index in [9.17, 15) is 18.0 Å². The SMILES string of the molecule is COC(=O)c1cc(N)c(N2CCN(c3ccccc3C)CC2)cc1C(F)(F)F. The number of para-hydroxylation sites is 1. The minimum absolute atomic E-state index is 0.123. The van der Waals surface area contributed by atoms with Crippen LogP contribution in [0, 0.1) is 6.92 Å². The minimum atomic E-state index is -4.69. The van der Waals surface area contributed by atoms with E-state index in [-0.39, 0.29) is 11.4 Å². The Bertz CT molecular complexity index is 875. The van der Waals surface area contributed by atoms with Crippen LogP contribution in [0.1, 0.15) is 21.5 Å². The van der Waals surface area contributed by atoms with Crippen LogP contribution in [0.15, 0.2) is 36.4 Å². The van der Waals surface area contributed by atoms with Crippen LogP contribution >= 0.6 is 0 Å². The molecule has 1 heterocycles. The van der Waals surface area contributed by atoms with Crippen molar-refractivity contribution in [3.63, 3.8) is 0 Å². The quantitative estimate of drug-likeness (QED) is 0.636. The first-order valence-corrected chi connectivity index (χ1v) is 8.87. The van der Waals surface area contributed by atoms with Gasteiger partial charge in [-0.1, -0.05) is 18.2 Å². The third kappa shape index (κ3) is 3.85. The molecule has 1 aliphatic rings. The summed E-state index contributed by atoms with van der Waals surface area (Å²) in [6.45, 7) is 4.39. The van der Waals surface area contributed by atoms with Gasteiger partial charge in [-0.3, -0.25) is 0 Å². The summed E-state index contributed by atoms with van der Waals surface area (Å²) in [6, 6.07) is 10.0. The van der Waals surface area contributed by atoms with E-state index in [2.05, 4.69) is 9.64 Å². The number of carbonyl (C=O) groups excluding carboxylic acids is 1. The number of esters is 1. The Morgan fingerprint density at radius 3 is 2.14 bits per heavy atom. The zero-order chi connectivity index (χ0) is 20.5. The molecule has 0 spiro atoms. The number of benzene rings is 2. The average molecular weight is 393 g/mol. The van der Waals surface area contributed by atoms with Gasteiger partial charge in [0.05, 0.1) is 29.6 Å². The van der Waals surface area contributed by atoms with Gasteiger partial charge in [0.15, 0.2) is 0 Å². The van der Waals surface area contributed by atoms with Gasteiger partial charge in [0.1, 0.15) is 0 Å². The van der Waals surface area contributed by atoms with Gasteiger partial charge in [0, 0.05) is 31.9 Å². The van der Waals surface area contributed by atoms with Gasteiger partial charge >= 0.3 is 12.1 Å². The van der Waals surface area contributed by atoms with E-state index < -0.39 is 23.3 Å². The fraction of sp³-hybridized carbons (Fsp3) is 0.350. The van der Waals surface area contributed by atoms with E-state index in [1.165, 1.54) is 0 Å². The third-order valence-corrected chi connectivity index (χ3v) is 4.95. The summed E-state index contributed by atoms with van der Waals surface area (Å²) in [6.07, 6.45) is -4.69. The molecule has 0 saturated carbocycles. The standard InChI is InChI=1S/C20H22F3N3O2/c1-13-5-3-4-6-17(13)25-7-9-26(10-8-25)18-12-15(20(21,22)23)14(11-16(18)24)19(27)28-2/h3-6,11-12H,7-10,24H2,1-2H3. The molecule has 150 valence electrons. The molecule has 0 bridgehead atoms. The van der Waals surface area contributed by atoms with E-state index in [0.717, 1.165) is 30.5 Å². The average Bonchev–Trinajstić information content (AvgIpc) is 2.67. The van der Waals surface area contributed by atoms with Gasteiger partial charge in [-0.05, 0) is 30.7 Å². The second kappa shape index (κ2) is 7.61. The van der Waals surface area contributed by atoms with Crippen molar-refractivity contribution in [1.29, 1.82) is 0 Å². The van der Waals surface area contributed by atoms with E-state index in [1.54, 1.807) is 0 Å². The predicted molar refractivity (Wildman–Crippen MR) is 103 cm³/mol. The smallest absolute Gasteiger partial charge is 0.417 e. The Morgan fingerprint density at radius 2 is 1.61 bits per heavy atom. The normalized spacial score (nSPS) is 14.9. The lowest BCUT2D eigenvalue weighted by Crippen LogP contribution is -2.47. The lowest BCUT2D eigenvalue weighted by Gasteiger charge is -2.38. The number of aryl methyl sites for hydroxylation is 1. The molecule has 2 aromatic rings. The number of halogens is 3. The molecule has 1 saturated heterocycles. The van der Waals surface area contributed by atoms with Gasteiger partial charge in [0.2, 0.25) is 0 Å². The van der Waals surface area contributed by atoms with Gasteiger partial charge in [-0.25, -0.2) is 4.79 Å². The number of methoxy groups -OCH3 is 1. The summed E-state index contributed by atoms with van der Waals surface area (Å²) in [5.41, 5.74) is 7.06. The van der Waals surface area contributed by atoms with Crippen LogP contribution in [-0.4, -0.2) is 39.3 Å². The molecular weight excluding hydrogens is 371 g/mol. The summed E-state index contributed by atoms with van der Waals surface area (Å²) in [5, 5.41) is 0. The van der Waals surface area contributed by atoms with Crippen molar-refractivity contribution in [2.24, 2.45) is 0 Å². The van der Waals surface area contributed by atoms with Crippen LogP contribution in [0.5, 0.6) is 0 Å². The maximum absolute atomic E-state index is 13.5. The summed E-state index contributed by atoms with van der Waals surface area (Å²) < 4.78 is 44.9. The lowest BCUT2D eigenvalue weighted by molar-refractivity contribution is -0.138. The van der Waals surface area contributed by atoms with Gasteiger partial charge in [-0.2, -0.15) is 13.2 Å². The largest absolute Gasteiger partial charge is 0.465 e. The van der Waals surface area contributed by atoms with Crippen molar-refractivity contribution in [2.75, 3.05) is 48.8 Å². The maximum atomic E-state index is 13.5. The Labute approximate surface area is 161 Å². The first kappa shape index (κ1) is 19.9. The van der Waals surface area contributed by atoms with Gasteiger partial charge in [0.25, 0.3) is 0 Å². The number of anilines is 3. The van der Waals surface area contributed by atoms with Crippen LogP contribution in [-0.2, 0) is 10.9 Å². The molecule has 0 amide bonds. The molecule has 5 nitrogen and oxygen atoms in total. The van der Waals surface area contributed by atoms with Gasteiger partial charge < -0.3 is 20.3 Å². The number of nitrogens with two attached hydrogens (primary N) is 1. The number of piperazine rings is 1. The number of ether oxygens (including phenoxy) is 1. The van der Waals surface area contributed by atoms with Crippen molar-refractivity contribution in [2.45, 2.75) is 13.1 Å². The topological polar surface area (TPSA) is 58.8 Å². The Balaban J connectivity index is 1.87. The molecule has 0 atom stereocenters. The molecule has 8 heteroatoms. The summed E-state index contributed by atoms with van der Waals surface area (Å²) in [4.78, 5) is 15.8. The fourth-order valence-corrected chi connectivity index (χ4v) is 3.50. The van der Waals surface area contributed by atoms with Crippen LogP contribution in [0.3, 0.4) is 0 Å². The molecule has 0 unspecified atom stereocenters. The molecule has 1 fully saturated rings. The molecule has 0 aromatic heterocycles. The molecule has 28 heavy (non-hydrogen) atoms. The number of nitrogen functional groups attached to an aromatic ring is 1. The summed E-state index contributed by atoms with van der Waals surface area (Å²) >= 11 is 0. The molecule has 2 aromatic carbocycles. The highest BCUT2D eigenvalue weighted by Crippen LogP contribution is 2.38. The maximum Gasteiger partial charge on any atom is 0.417 e. The number of hydrogen-bond donors (Lipinski definition) is 1. The van der Waals surface area contributed by atoms with Crippen LogP contribution < -0.4 is 15.5 Å². The fourth-order valence-electron chi connectivity index (χ4n) is 3.50. The molecule has 3 rings (SSSR count). The van der Waals surface area contributed by atoms with Crippen molar-refractivity contribution in [1.82, 2.24) is 0 Å². The number of alkyl halides is 3. The highest BCUT2D eigenvalue weighted by atomic mass is 19.4. The number of hydrogen-bond acceptors (Lipinski definition) is 5. The second-order valence-corrected chi connectivity index (χ2v) is 6.71. The first-order valence-electron chi connectivity index (χ1n) is 8.87. The highest BCUT2D eigenvalue weighted by Gasteiger charge is 2.37. The van der Waals surface area contributed by atoms with Crippen LogP contribution in [0.2, 0.25) is 0 Å². The number of nitrogens with zero attached hydrogens (tertiary/aromatic N) is 2. The number of rotatable bonds is 3. The zero-order valence-electron chi connectivity index (χ0n) is 15.7. The van der Waals surface area contributed by atoms with Gasteiger partial charge in [-0.15, -0.1) is 0 Å². The monoisotopic (exact) mass is 393 g/mol. The Kier molecular flexibility index (Phi) is 5.40. The Hall–Kier alpha value is -2.90. The zero-order valence-corrected chi connectivity index (χ0v) is 15.7. The summed E-state index contributed by atoms with van der Waals surface area (Å²) in [5.74, 6) is -1.06. The van der Waals surface area contributed by atoms with Crippen LogP contribution in [0.25, 0.3) is 0 Å². The highest BCUT2D eigenvalue weighted by molar-refractivity contribution is 5.94. The second-order valence-electron chi connectivity index (χ2n) is 6.71. The minimum Gasteiger partial charge on any atom is -0.465 e. The molecule has 1 aliphatic heterocycles. The van der Waals surface area contributed by atoms with Crippen molar-refractivity contribution < 1.29 is 22.7 Å².